The molecule has 1 unspecified atom stereocenters. The summed E-state index contributed by atoms with van der Waals surface area (Å²) in [6, 6.07) is 7.69. The highest BCUT2D eigenvalue weighted by molar-refractivity contribution is 5.95. The van der Waals surface area contributed by atoms with Crippen LogP contribution in [0.1, 0.15) is 56.1 Å². The first-order valence-electron chi connectivity index (χ1n) is 9.64. The van der Waals surface area contributed by atoms with Crippen molar-refractivity contribution in [2.45, 2.75) is 51.0 Å². The smallest absolute Gasteiger partial charge is 0.0460 e. The number of hydrogen-bond acceptors (Lipinski definition) is 1. The highest BCUT2D eigenvalue weighted by Gasteiger charge is 2.27. The lowest BCUT2D eigenvalue weighted by Gasteiger charge is -2.28. The molecule has 1 aromatic heterocycles. The Morgan fingerprint density at radius 3 is 2.92 bits per heavy atom. The molecular weight excluding hydrogens is 292 g/mol. The molecule has 1 N–H and O–H groups in total. The van der Waals surface area contributed by atoms with Gasteiger partial charge in [-0.25, -0.2) is 0 Å². The molecule has 0 radical (unpaired) electrons. The van der Waals surface area contributed by atoms with Crippen molar-refractivity contribution < 1.29 is 0 Å². The van der Waals surface area contributed by atoms with Crippen LogP contribution in [0.2, 0.25) is 0 Å². The second kappa shape index (κ2) is 5.93. The van der Waals surface area contributed by atoms with E-state index in [1.165, 1.54) is 80.1 Å². The van der Waals surface area contributed by atoms with Crippen LogP contribution < -0.4 is 0 Å². The second-order valence-corrected chi connectivity index (χ2v) is 7.63. The van der Waals surface area contributed by atoms with Crippen molar-refractivity contribution in [1.29, 1.82) is 0 Å². The first-order valence-corrected chi connectivity index (χ1v) is 9.64. The summed E-state index contributed by atoms with van der Waals surface area (Å²) in [4.78, 5) is 6.15. The van der Waals surface area contributed by atoms with E-state index in [-0.39, 0.29) is 0 Å². The number of nitrogens with zero attached hydrogens (tertiary/aromatic N) is 1. The number of aromatic nitrogens is 1. The molecule has 0 bridgehead atoms. The fourth-order valence-corrected chi connectivity index (χ4v) is 4.81. The van der Waals surface area contributed by atoms with Crippen molar-refractivity contribution in [1.82, 2.24) is 9.88 Å². The van der Waals surface area contributed by atoms with Gasteiger partial charge in [-0.3, -0.25) is 4.90 Å². The number of nitrogens with one attached hydrogen (secondary N) is 1. The normalized spacial score (nSPS) is 24.8. The molecule has 2 aromatic rings. The first-order chi connectivity index (χ1) is 11.9. The van der Waals surface area contributed by atoms with Gasteiger partial charge in [0, 0.05) is 35.2 Å². The van der Waals surface area contributed by atoms with E-state index in [2.05, 4.69) is 46.4 Å². The molecule has 1 aliphatic carbocycles. The van der Waals surface area contributed by atoms with Crippen LogP contribution in [0.15, 0.2) is 36.5 Å². The third-order valence-corrected chi connectivity index (χ3v) is 6.17. The number of aromatic amines is 1. The molecule has 24 heavy (non-hydrogen) atoms. The topological polar surface area (TPSA) is 19.0 Å². The standard InChI is InChI=1S/C22H26N2/c1-2-5-16(6-3-1)17-8-9-22-20(14-17)21(15-23-22)18-10-12-24-11-4-7-19(24)13-18/h5,8-9,13-15,19,23H,1-4,6-7,10-12H2. The van der Waals surface area contributed by atoms with Gasteiger partial charge in [0.05, 0.1) is 0 Å². The Morgan fingerprint density at radius 1 is 1.00 bits per heavy atom. The molecule has 2 heteroatoms. The molecule has 124 valence electrons. The highest BCUT2D eigenvalue weighted by atomic mass is 15.2. The summed E-state index contributed by atoms with van der Waals surface area (Å²) in [5, 5.41) is 1.41. The van der Waals surface area contributed by atoms with Gasteiger partial charge >= 0.3 is 0 Å². The van der Waals surface area contributed by atoms with Gasteiger partial charge in [-0.05, 0) is 80.3 Å². The summed E-state index contributed by atoms with van der Waals surface area (Å²) < 4.78 is 0. The van der Waals surface area contributed by atoms with Gasteiger partial charge in [0.2, 0.25) is 0 Å². The monoisotopic (exact) mass is 318 g/mol. The maximum Gasteiger partial charge on any atom is 0.0460 e. The van der Waals surface area contributed by atoms with Crippen molar-refractivity contribution in [3.63, 3.8) is 0 Å². The number of hydrogen-bond donors (Lipinski definition) is 1. The van der Waals surface area contributed by atoms with Crippen LogP contribution in [0, 0.1) is 0 Å². The molecule has 1 saturated heterocycles. The Morgan fingerprint density at radius 2 is 2.00 bits per heavy atom. The predicted octanol–water partition coefficient (Wildman–Crippen LogP) is 5.38. The summed E-state index contributed by atoms with van der Waals surface area (Å²) in [5.74, 6) is 0. The summed E-state index contributed by atoms with van der Waals surface area (Å²) in [6.45, 7) is 2.52. The van der Waals surface area contributed by atoms with Crippen molar-refractivity contribution in [2.24, 2.45) is 0 Å². The van der Waals surface area contributed by atoms with Gasteiger partial charge in [-0.15, -0.1) is 0 Å². The molecule has 2 nitrogen and oxygen atoms in total. The molecule has 0 amide bonds. The van der Waals surface area contributed by atoms with Crippen LogP contribution >= 0.6 is 0 Å². The van der Waals surface area contributed by atoms with Crippen LogP contribution in [0.4, 0.5) is 0 Å². The lowest BCUT2D eigenvalue weighted by Crippen LogP contribution is -2.32. The van der Waals surface area contributed by atoms with E-state index in [1.54, 1.807) is 11.1 Å². The third kappa shape index (κ3) is 2.44. The number of rotatable bonds is 2. The average Bonchev–Trinajstić information content (AvgIpc) is 3.27. The minimum absolute atomic E-state index is 0.683. The Labute approximate surface area is 144 Å². The van der Waals surface area contributed by atoms with Crippen LogP contribution in [-0.2, 0) is 0 Å². The Hall–Kier alpha value is -1.80. The van der Waals surface area contributed by atoms with Crippen LogP contribution in [0.25, 0.3) is 22.0 Å². The van der Waals surface area contributed by atoms with Crippen molar-refractivity contribution in [2.75, 3.05) is 13.1 Å². The molecular formula is C22H26N2. The maximum absolute atomic E-state index is 3.50. The lowest BCUT2D eigenvalue weighted by molar-refractivity contribution is 0.288. The quantitative estimate of drug-likeness (QED) is 0.788. The van der Waals surface area contributed by atoms with E-state index < -0.39 is 0 Å². The largest absolute Gasteiger partial charge is 0.361 e. The summed E-state index contributed by atoms with van der Waals surface area (Å²) in [6.07, 6.45) is 16.3. The van der Waals surface area contributed by atoms with Gasteiger partial charge in [0.25, 0.3) is 0 Å². The van der Waals surface area contributed by atoms with Crippen LogP contribution in [-0.4, -0.2) is 29.0 Å². The molecule has 0 spiro atoms. The number of fused-ring (bicyclic) bond motifs is 2. The zero-order valence-corrected chi connectivity index (χ0v) is 14.4. The molecule has 5 rings (SSSR count). The number of H-pyrrole nitrogens is 1. The number of allylic oxidation sites excluding steroid dienone is 2. The van der Waals surface area contributed by atoms with E-state index in [0.717, 1.165) is 0 Å². The van der Waals surface area contributed by atoms with E-state index in [9.17, 15) is 0 Å². The Balaban J connectivity index is 1.55. The minimum atomic E-state index is 0.683. The zero-order valence-electron chi connectivity index (χ0n) is 14.4. The molecule has 1 aromatic carbocycles. The van der Waals surface area contributed by atoms with Gasteiger partial charge in [0.1, 0.15) is 0 Å². The Kier molecular flexibility index (Phi) is 3.59. The van der Waals surface area contributed by atoms with Crippen molar-refractivity contribution >= 4 is 22.0 Å². The van der Waals surface area contributed by atoms with E-state index in [4.69, 9.17) is 0 Å². The summed E-state index contributed by atoms with van der Waals surface area (Å²) in [5.41, 5.74) is 7.26. The summed E-state index contributed by atoms with van der Waals surface area (Å²) >= 11 is 0. The number of benzene rings is 1. The average molecular weight is 318 g/mol. The highest BCUT2D eigenvalue weighted by Crippen LogP contribution is 2.36. The predicted molar refractivity (Wildman–Crippen MR) is 102 cm³/mol. The first kappa shape index (κ1) is 14.5. The van der Waals surface area contributed by atoms with Crippen LogP contribution in [0.3, 0.4) is 0 Å². The second-order valence-electron chi connectivity index (χ2n) is 7.63. The van der Waals surface area contributed by atoms with Gasteiger partial charge in [-0.2, -0.15) is 0 Å². The maximum atomic E-state index is 3.50. The SMILES string of the molecule is C1=C(c2ccc3[nH]cc(C4=CC5CCCN5CC4)c3c2)CCCC1. The van der Waals surface area contributed by atoms with E-state index in [1.807, 2.05) is 0 Å². The van der Waals surface area contributed by atoms with Crippen molar-refractivity contribution in [3.8, 4) is 0 Å². The molecule has 3 aliphatic rings. The molecule has 1 atom stereocenters. The molecule has 0 saturated carbocycles. The van der Waals surface area contributed by atoms with Crippen molar-refractivity contribution in [3.05, 3.63) is 47.7 Å². The lowest BCUT2D eigenvalue weighted by atomic mass is 9.91. The molecule has 2 aliphatic heterocycles. The van der Waals surface area contributed by atoms with Gasteiger partial charge in [0.15, 0.2) is 0 Å². The van der Waals surface area contributed by atoms with Crippen LogP contribution in [0.5, 0.6) is 0 Å². The van der Waals surface area contributed by atoms with Gasteiger partial charge in [-0.1, -0.05) is 18.2 Å². The zero-order chi connectivity index (χ0) is 15.9. The molecule has 1 fully saturated rings. The fourth-order valence-electron chi connectivity index (χ4n) is 4.81. The van der Waals surface area contributed by atoms with Gasteiger partial charge < -0.3 is 4.98 Å². The van der Waals surface area contributed by atoms with E-state index in [0.29, 0.717) is 6.04 Å². The summed E-state index contributed by atoms with van der Waals surface area (Å²) in [7, 11) is 0. The Bertz CT molecular complexity index is 824. The van der Waals surface area contributed by atoms with E-state index >= 15 is 0 Å². The minimum Gasteiger partial charge on any atom is -0.361 e. The molecule has 3 heterocycles. The third-order valence-electron chi connectivity index (χ3n) is 6.17. The fraction of sp³-hybridized carbons (Fsp3) is 0.455.